The number of nitrogens with one attached hydrogen (secondary N) is 3. The van der Waals surface area contributed by atoms with Gasteiger partial charge in [0.25, 0.3) is 5.91 Å². The normalized spacial score (nSPS) is 11.3. The van der Waals surface area contributed by atoms with Crippen molar-refractivity contribution in [2.24, 2.45) is 4.99 Å². The number of hydrogen-bond acceptors (Lipinski definition) is 4. The summed E-state index contributed by atoms with van der Waals surface area (Å²) < 4.78 is 34.8. The summed E-state index contributed by atoms with van der Waals surface area (Å²) in [6.07, 6.45) is 1.44. The number of guanidine groups is 1. The largest absolute Gasteiger partial charge is 0.459 e. The molecule has 1 heterocycles. The maximum absolute atomic E-state index is 12.6. The lowest BCUT2D eigenvalue weighted by Crippen LogP contribution is -2.36. The van der Waals surface area contributed by atoms with Crippen LogP contribution in [0, 0.1) is 0 Å². The summed E-state index contributed by atoms with van der Waals surface area (Å²) in [5, 5.41) is 8.99. The number of aliphatic imine (C=N–C) groups is 1. The zero-order valence-electron chi connectivity index (χ0n) is 17.5. The average molecular weight is 442 g/mol. The molecule has 0 radical (unpaired) electrons. The molecular weight excluding hydrogens is 418 g/mol. The van der Waals surface area contributed by atoms with Crippen LogP contribution in [-0.4, -0.2) is 25.0 Å². The maximum atomic E-state index is 12.6. The monoisotopic (exact) mass is 442 g/mol. The van der Waals surface area contributed by atoms with Gasteiger partial charge in [-0.05, 0) is 42.8 Å². The van der Waals surface area contributed by atoms with Crippen molar-refractivity contribution in [3.63, 3.8) is 0 Å². The van der Waals surface area contributed by atoms with Gasteiger partial charge in [0.1, 0.15) is 5.75 Å². The number of ether oxygens (including phenoxy) is 1. The lowest BCUT2D eigenvalue weighted by molar-refractivity contribution is -0.0504. The van der Waals surface area contributed by atoms with Gasteiger partial charge >= 0.3 is 6.61 Å². The summed E-state index contributed by atoms with van der Waals surface area (Å²) >= 11 is 0. The molecule has 0 bridgehead atoms. The van der Waals surface area contributed by atoms with E-state index in [9.17, 15) is 13.6 Å². The van der Waals surface area contributed by atoms with Gasteiger partial charge in [0.15, 0.2) is 11.7 Å². The van der Waals surface area contributed by atoms with Crippen molar-refractivity contribution in [1.29, 1.82) is 0 Å². The summed E-state index contributed by atoms with van der Waals surface area (Å²) in [7, 11) is 0. The van der Waals surface area contributed by atoms with E-state index in [2.05, 4.69) is 25.7 Å². The minimum Gasteiger partial charge on any atom is -0.459 e. The van der Waals surface area contributed by atoms with Crippen LogP contribution >= 0.6 is 0 Å². The summed E-state index contributed by atoms with van der Waals surface area (Å²) in [4.78, 5) is 16.5. The Morgan fingerprint density at radius 2 is 1.84 bits per heavy atom. The number of rotatable bonds is 9. The van der Waals surface area contributed by atoms with Gasteiger partial charge in [-0.3, -0.25) is 4.79 Å². The third kappa shape index (κ3) is 6.83. The van der Waals surface area contributed by atoms with E-state index in [1.54, 1.807) is 42.5 Å². The van der Waals surface area contributed by atoms with Gasteiger partial charge in [-0.25, -0.2) is 4.99 Å². The second kappa shape index (κ2) is 11.5. The highest BCUT2D eigenvalue weighted by Gasteiger charge is 2.10. The third-order valence-electron chi connectivity index (χ3n) is 4.36. The zero-order chi connectivity index (χ0) is 22.8. The molecule has 3 aromatic rings. The molecule has 0 atom stereocenters. The fourth-order valence-electron chi connectivity index (χ4n) is 2.85. The van der Waals surface area contributed by atoms with Crippen LogP contribution in [0.25, 0.3) is 0 Å². The minimum absolute atomic E-state index is 0.123. The first-order valence-corrected chi connectivity index (χ1v) is 10.0. The standard InChI is InChI=1S/C23H24F2N4O3/c1-2-26-23(28-15-17-6-3-4-7-19(17)32-22(24)25)27-14-16-9-11-18(12-10-16)29-21(30)20-8-5-13-31-20/h3-13,22H,2,14-15H2,1H3,(H,29,30)(H2,26,27,28). The summed E-state index contributed by atoms with van der Waals surface area (Å²) in [5.41, 5.74) is 2.16. The van der Waals surface area contributed by atoms with Gasteiger partial charge in [0, 0.05) is 24.3 Å². The molecule has 1 amide bonds. The van der Waals surface area contributed by atoms with E-state index in [0.29, 0.717) is 30.3 Å². The zero-order valence-corrected chi connectivity index (χ0v) is 17.5. The molecule has 2 aromatic carbocycles. The van der Waals surface area contributed by atoms with Crippen LogP contribution in [0.4, 0.5) is 14.5 Å². The quantitative estimate of drug-likeness (QED) is 0.338. The highest BCUT2D eigenvalue weighted by atomic mass is 19.3. The van der Waals surface area contributed by atoms with Crippen molar-refractivity contribution in [2.75, 3.05) is 11.9 Å². The van der Waals surface area contributed by atoms with E-state index < -0.39 is 6.61 Å². The van der Waals surface area contributed by atoms with Crippen molar-refractivity contribution in [2.45, 2.75) is 26.6 Å². The number of hydrogen-bond donors (Lipinski definition) is 3. The molecule has 0 saturated carbocycles. The van der Waals surface area contributed by atoms with E-state index in [1.165, 1.54) is 12.3 Å². The van der Waals surface area contributed by atoms with Crippen molar-refractivity contribution in [3.8, 4) is 5.75 Å². The molecule has 168 valence electrons. The Morgan fingerprint density at radius 1 is 1.06 bits per heavy atom. The Bertz CT molecular complexity index is 1020. The molecule has 0 aliphatic rings. The molecule has 0 aliphatic heterocycles. The fourth-order valence-corrected chi connectivity index (χ4v) is 2.85. The fraction of sp³-hybridized carbons (Fsp3) is 0.217. The number of amides is 1. The molecule has 0 spiro atoms. The second-order valence-corrected chi connectivity index (χ2v) is 6.66. The average Bonchev–Trinajstić information content (AvgIpc) is 3.32. The van der Waals surface area contributed by atoms with Crippen molar-refractivity contribution < 1.29 is 22.7 Å². The Balaban J connectivity index is 1.58. The van der Waals surface area contributed by atoms with Crippen LogP contribution in [0.5, 0.6) is 5.75 Å². The molecule has 0 aliphatic carbocycles. The Hall–Kier alpha value is -3.88. The topological polar surface area (TPSA) is 87.9 Å². The van der Waals surface area contributed by atoms with Crippen molar-refractivity contribution >= 4 is 17.6 Å². The molecule has 0 unspecified atom stereocenters. The number of alkyl halides is 2. The summed E-state index contributed by atoms with van der Waals surface area (Å²) in [5.74, 6) is 0.573. The first-order valence-electron chi connectivity index (χ1n) is 10.0. The smallest absolute Gasteiger partial charge is 0.387 e. The molecule has 9 heteroatoms. The molecule has 0 fully saturated rings. The Labute approximate surface area is 184 Å². The summed E-state index contributed by atoms with van der Waals surface area (Å²) in [6.45, 7) is 0.342. The van der Waals surface area contributed by atoms with E-state index in [1.807, 2.05) is 19.1 Å². The molecule has 0 saturated heterocycles. The van der Waals surface area contributed by atoms with Gasteiger partial charge in [-0.15, -0.1) is 0 Å². The van der Waals surface area contributed by atoms with E-state index in [-0.39, 0.29) is 24.0 Å². The van der Waals surface area contributed by atoms with Gasteiger partial charge in [-0.1, -0.05) is 30.3 Å². The van der Waals surface area contributed by atoms with Crippen LogP contribution in [0.1, 0.15) is 28.6 Å². The minimum atomic E-state index is -2.88. The molecular formula is C23H24F2N4O3. The lowest BCUT2D eigenvalue weighted by atomic mass is 10.2. The molecule has 1 aromatic heterocycles. The third-order valence-corrected chi connectivity index (χ3v) is 4.36. The number of halogens is 2. The second-order valence-electron chi connectivity index (χ2n) is 6.66. The number of carbonyl (C=O) groups excluding carboxylic acids is 1. The highest BCUT2D eigenvalue weighted by Crippen LogP contribution is 2.20. The van der Waals surface area contributed by atoms with E-state index in [4.69, 9.17) is 4.42 Å². The number of para-hydroxylation sites is 1. The number of nitrogens with zero attached hydrogens (tertiary/aromatic N) is 1. The van der Waals surface area contributed by atoms with Crippen LogP contribution in [0.3, 0.4) is 0 Å². The first-order chi connectivity index (χ1) is 15.5. The van der Waals surface area contributed by atoms with Crippen LogP contribution in [0.15, 0.2) is 76.3 Å². The summed E-state index contributed by atoms with van der Waals surface area (Å²) in [6, 6.07) is 17.1. The predicted molar refractivity (Wildman–Crippen MR) is 118 cm³/mol. The maximum Gasteiger partial charge on any atom is 0.387 e. The molecule has 7 nitrogen and oxygen atoms in total. The van der Waals surface area contributed by atoms with Gasteiger partial charge in [0.05, 0.1) is 12.8 Å². The van der Waals surface area contributed by atoms with Crippen LogP contribution in [0.2, 0.25) is 0 Å². The first kappa shape index (κ1) is 22.8. The van der Waals surface area contributed by atoms with E-state index >= 15 is 0 Å². The number of furan rings is 1. The van der Waals surface area contributed by atoms with Gasteiger partial charge in [-0.2, -0.15) is 8.78 Å². The van der Waals surface area contributed by atoms with Crippen molar-refractivity contribution in [1.82, 2.24) is 10.6 Å². The van der Waals surface area contributed by atoms with Crippen molar-refractivity contribution in [3.05, 3.63) is 83.8 Å². The SMILES string of the molecule is CCNC(=NCc1ccc(NC(=O)c2ccco2)cc1)NCc1ccccc1OC(F)F. The molecule has 3 rings (SSSR count). The number of anilines is 1. The van der Waals surface area contributed by atoms with Crippen LogP contribution < -0.4 is 20.7 Å². The lowest BCUT2D eigenvalue weighted by Gasteiger charge is -2.14. The molecule has 3 N–H and O–H groups in total. The number of carbonyl (C=O) groups is 1. The Morgan fingerprint density at radius 3 is 2.53 bits per heavy atom. The van der Waals surface area contributed by atoms with Crippen LogP contribution in [-0.2, 0) is 13.1 Å². The highest BCUT2D eigenvalue weighted by molar-refractivity contribution is 6.02. The predicted octanol–water partition coefficient (Wildman–Crippen LogP) is 4.39. The van der Waals surface area contributed by atoms with E-state index in [0.717, 1.165) is 5.56 Å². The molecule has 32 heavy (non-hydrogen) atoms. The van der Waals surface area contributed by atoms with Gasteiger partial charge < -0.3 is 25.1 Å². The number of benzene rings is 2. The Kier molecular flexibility index (Phi) is 8.19. The van der Waals surface area contributed by atoms with Gasteiger partial charge in [0.2, 0.25) is 0 Å².